The summed E-state index contributed by atoms with van der Waals surface area (Å²) in [6.45, 7) is 2.95. The van der Waals surface area contributed by atoms with Crippen molar-refractivity contribution in [2.24, 2.45) is 0 Å². The van der Waals surface area contributed by atoms with Crippen LogP contribution >= 0.6 is 0 Å². The predicted octanol–water partition coefficient (Wildman–Crippen LogP) is 2.66. The second-order valence-corrected chi connectivity index (χ2v) is 5.01. The Labute approximate surface area is 109 Å². The molecule has 0 bridgehead atoms. The van der Waals surface area contributed by atoms with Crippen LogP contribution in [0.3, 0.4) is 0 Å². The van der Waals surface area contributed by atoms with Gasteiger partial charge in [0.05, 0.1) is 13.2 Å². The largest absolute Gasteiger partial charge is 0.496 e. The van der Waals surface area contributed by atoms with E-state index in [1.165, 1.54) is 30.4 Å². The second kappa shape index (κ2) is 6.21. The van der Waals surface area contributed by atoms with Gasteiger partial charge in [-0.1, -0.05) is 17.7 Å². The molecule has 0 amide bonds. The molecule has 0 aromatic heterocycles. The Morgan fingerprint density at radius 3 is 2.83 bits per heavy atom. The normalized spacial score (nSPS) is 23.3. The summed E-state index contributed by atoms with van der Waals surface area (Å²) in [5, 5.41) is 3.60. The molecular formula is C15H23NO2. The molecule has 1 N–H and O–H groups in total. The first kappa shape index (κ1) is 13.4. The summed E-state index contributed by atoms with van der Waals surface area (Å²) in [4.78, 5) is 0. The maximum Gasteiger partial charge on any atom is 0.123 e. The topological polar surface area (TPSA) is 30.5 Å². The van der Waals surface area contributed by atoms with Crippen molar-refractivity contribution in [3.05, 3.63) is 29.3 Å². The van der Waals surface area contributed by atoms with E-state index in [0.29, 0.717) is 12.1 Å². The number of methoxy groups -OCH3 is 2. The van der Waals surface area contributed by atoms with E-state index in [1.807, 2.05) is 6.07 Å². The van der Waals surface area contributed by atoms with Crippen LogP contribution < -0.4 is 10.1 Å². The Bertz CT molecular complexity index is 392. The van der Waals surface area contributed by atoms with Gasteiger partial charge in [0.2, 0.25) is 0 Å². The van der Waals surface area contributed by atoms with Gasteiger partial charge in [0.15, 0.2) is 0 Å². The van der Waals surface area contributed by atoms with Crippen molar-refractivity contribution in [3.8, 4) is 5.75 Å². The molecule has 1 aliphatic carbocycles. The fourth-order valence-electron chi connectivity index (χ4n) is 2.73. The first-order valence-electron chi connectivity index (χ1n) is 6.64. The average molecular weight is 249 g/mol. The quantitative estimate of drug-likeness (QED) is 0.870. The third-order valence-corrected chi connectivity index (χ3v) is 3.75. The number of rotatable bonds is 5. The lowest BCUT2D eigenvalue weighted by molar-refractivity contribution is 0.0846. The first-order valence-corrected chi connectivity index (χ1v) is 6.64. The first-order chi connectivity index (χ1) is 8.74. The summed E-state index contributed by atoms with van der Waals surface area (Å²) in [7, 11) is 3.53. The molecule has 1 aromatic carbocycles. The average Bonchev–Trinajstić information content (AvgIpc) is 2.84. The minimum absolute atomic E-state index is 0.362. The van der Waals surface area contributed by atoms with Gasteiger partial charge in [-0.2, -0.15) is 0 Å². The fraction of sp³-hybridized carbons (Fsp3) is 0.600. The molecule has 0 heterocycles. The van der Waals surface area contributed by atoms with Crippen LogP contribution in [0.15, 0.2) is 18.2 Å². The van der Waals surface area contributed by atoms with E-state index in [9.17, 15) is 0 Å². The number of hydrogen-bond donors (Lipinski definition) is 1. The lowest BCUT2D eigenvalue weighted by Crippen LogP contribution is -2.36. The summed E-state index contributed by atoms with van der Waals surface area (Å²) in [5.41, 5.74) is 2.49. The van der Waals surface area contributed by atoms with E-state index in [0.717, 1.165) is 12.3 Å². The van der Waals surface area contributed by atoms with Crippen molar-refractivity contribution in [2.75, 3.05) is 14.2 Å². The van der Waals surface area contributed by atoms with Crippen LogP contribution in [-0.2, 0) is 11.3 Å². The molecule has 0 saturated heterocycles. The zero-order chi connectivity index (χ0) is 13.0. The van der Waals surface area contributed by atoms with Gasteiger partial charge in [-0.05, 0) is 32.3 Å². The highest BCUT2D eigenvalue weighted by atomic mass is 16.5. The van der Waals surface area contributed by atoms with Crippen molar-refractivity contribution in [3.63, 3.8) is 0 Å². The van der Waals surface area contributed by atoms with Gasteiger partial charge in [0, 0.05) is 25.3 Å². The van der Waals surface area contributed by atoms with Gasteiger partial charge in [0.1, 0.15) is 5.75 Å². The maximum absolute atomic E-state index is 5.50. The molecule has 1 saturated carbocycles. The second-order valence-electron chi connectivity index (χ2n) is 5.01. The minimum Gasteiger partial charge on any atom is -0.496 e. The number of aryl methyl sites for hydroxylation is 1. The lowest BCUT2D eigenvalue weighted by atomic mass is 10.1. The summed E-state index contributed by atoms with van der Waals surface area (Å²) in [6, 6.07) is 6.77. The molecule has 0 spiro atoms. The number of hydrogen-bond acceptors (Lipinski definition) is 3. The molecule has 0 radical (unpaired) electrons. The van der Waals surface area contributed by atoms with Crippen LogP contribution in [0, 0.1) is 6.92 Å². The monoisotopic (exact) mass is 249 g/mol. The van der Waals surface area contributed by atoms with Crippen LogP contribution in [0.25, 0.3) is 0 Å². The SMILES string of the molecule is COc1ccc(C)cc1CNC1CCCC1OC. The summed E-state index contributed by atoms with van der Waals surface area (Å²) in [5.74, 6) is 0.958. The third kappa shape index (κ3) is 3.03. The number of benzene rings is 1. The van der Waals surface area contributed by atoms with E-state index < -0.39 is 0 Å². The molecular weight excluding hydrogens is 226 g/mol. The minimum atomic E-state index is 0.362. The van der Waals surface area contributed by atoms with Crippen LogP contribution in [0.4, 0.5) is 0 Å². The maximum atomic E-state index is 5.50. The zero-order valence-corrected chi connectivity index (χ0v) is 11.5. The molecule has 2 rings (SSSR count). The highest BCUT2D eigenvalue weighted by Gasteiger charge is 2.26. The van der Waals surface area contributed by atoms with Crippen LogP contribution in [-0.4, -0.2) is 26.4 Å². The summed E-state index contributed by atoms with van der Waals surface area (Å²) in [6.07, 6.45) is 3.98. The molecule has 0 aliphatic heterocycles. The van der Waals surface area contributed by atoms with Gasteiger partial charge < -0.3 is 14.8 Å². The zero-order valence-electron chi connectivity index (χ0n) is 11.5. The molecule has 2 unspecified atom stereocenters. The van der Waals surface area contributed by atoms with Gasteiger partial charge in [-0.3, -0.25) is 0 Å². The third-order valence-electron chi connectivity index (χ3n) is 3.75. The Balaban J connectivity index is 1.99. The standard InChI is InChI=1S/C15H23NO2/c1-11-7-8-14(17-2)12(9-11)10-16-13-5-4-6-15(13)18-3/h7-9,13,15-16H,4-6,10H2,1-3H3. The van der Waals surface area contributed by atoms with E-state index in [-0.39, 0.29) is 0 Å². The van der Waals surface area contributed by atoms with Crippen LogP contribution in [0.5, 0.6) is 5.75 Å². The molecule has 1 fully saturated rings. The van der Waals surface area contributed by atoms with Crippen LogP contribution in [0.1, 0.15) is 30.4 Å². The van der Waals surface area contributed by atoms with E-state index >= 15 is 0 Å². The van der Waals surface area contributed by atoms with Gasteiger partial charge in [0.25, 0.3) is 0 Å². The Hall–Kier alpha value is -1.06. The van der Waals surface area contributed by atoms with Crippen LogP contribution in [0.2, 0.25) is 0 Å². The lowest BCUT2D eigenvalue weighted by Gasteiger charge is -2.20. The molecule has 2 atom stereocenters. The van der Waals surface area contributed by atoms with Crippen molar-refractivity contribution in [1.82, 2.24) is 5.32 Å². The van der Waals surface area contributed by atoms with E-state index in [1.54, 1.807) is 14.2 Å². The van der Waals surface area contributed by atoms with Crippen molar-refractivity contribution in [1.29, 1.82) is 0 Å². The summed E-state index contributed by atoms with van der Waals surface area (Å²) >= 11 is 0. The van der Waals surface area contributed by atoms with Gasteiger partial charge in [-0.25, -0.2) is 0 Å². The highest BCUT2D eigenvalue weighted by molar-refractivity contribution is 5.36. The molecule has 1 aliphatic rings. The Morgan fingerprint density at radius 1 is 1.28 bits per heavy atom. The van der Waals surface area contributed by atoms with E-state index in [2.05, 4.69) is 24.4 Å². The van der Waals surface area contributed by atoms with Crippen molar-refractivity contribution < 1.29 is 9.47 Å². The number of ether oxygens (including phenoxy) is 2. The van der Waals surface area contributed by atoms with Gasteiger partial charge in [-0.15, -0.1) is 0 Å². The Morgan fingerprint density at radius 2 is 2.11 bits per heavy atom. The summed E-state index contributed by atoms with van der Waals surface area (Å²) < 4.78 is 10.9. The molecule has 3 heteroatoms. The number of nitrogens with one attached hydrogen (secondary N) is 1. The Kier molecular flexibility index (Phi) is 4.61. The smallest absolute Gasteiger partial charge is 0.123 e. The van der Waals surface area contributed by atoms with Crippen molar-refractivity contribution in [2.45, 2.75) is 44.9 Å². The van der Waals surface area contributed by atoms with Gasteiger partial charge >= 0.3 is 0 Å². The van der Waals surface area contributed by atoms with E-state index in [4.69, 9.17) is 9.47 Å². The molecule has 1 aromatic rings. The predicted molar refractivity (Wildman–Crippen MR) is 73.0 cm³/mol. The molecule has 3 nitrogen and oxygen atoms in total. The highest BCUT2D eigenvalue weighted by Crippen LogP contribution is 2.24. The fourth-order valence-corrected chi connectivity index (χ4v) is 2.73. The molecule has 18 heavy (non-hydrogen) atoms. The van der Waals surface area contributed by atoms with Crippen molar-refractivity contribution >= 4 is 0 Å². The molecule has 100 valence electrons.